The summed E-state index contributed by atoms with van der Waals surface area (Å²) in [6, 6.07) is 1.79. The molecule has 1 aromatic carbocycles. The number of aliphatic hydroxyl groups excluding tert-OH is 4. The number of hydrogen-bond donors (Lipinski definition) is 5. The molecule has 0 saturated carbocycles. The minimum Gasteiger partial charge on any atom is -0.394 e. The molecule has 0 bridgehead atoms. The van der Waals surface area contributed by atoms with Crippen molar-refractivity contribution in [3.8, 4) is 0 Å². The molecular weight excluding hydrogens is 446 g/mol. The summed E-state index contributed by atoms with van der Waals surface area (Å²) < 4.78 is 45.8. The second kappa shape index (κ2) is 7.81. The van der Waals surface area contributed by atoms with Crippen molar-refractivity contribution in [1.82, 2.24) is 5.32 Å². The zero-order valence-corrected chi connectivity index (χ0v) is 14.3. The van der Waals surface area contributed by atoms with Crippen LogP contribution in [0.2, 0.25) is 0 Å². The fraction of sp³-hybridized carbons (Fsp3) is 0.571. The van der Waals surface area contributed by atoms with E-state index in [1.165, 1.54) is 24.3 Å². The molecule has 0 spiro atoms. The summed E-state index contributed by atoms with van der Waals surface area (Å²) in [4.78, 5) is 0. The molecule has 0 amide bonds. The Labute approximate surface area is 149 Å². The fourth-order valence-electron chi connectivity index (χ4n) is 2.50. The first-order valence-corrected chi connectivity index (χ1v) is 8.11. The van der Waals surface area contributed by atoms with Gasteiger partial charge in [-0.15, -0.1) is 0 Å². The van der Waals surface area contributed by atoms with Gasteiger partial charge in [-0.1, -0.05) is 12.1 Å². The molecule has 0 aliphatic carbocycles. The van der Waals surface area contributed by atoms with Gasteiger partial charge in [0, 0.05) is 3.57 Å². The highest BCUT2D eigenvalue weighted by molar-refractivity contribution is 14.1. The van der Waals surface area contributed by atoms with Crippen LogP contribution in [0.5, 0.6) is 0 Å². The third-order valence-electron chi connectivity index (χ3n) is 3.79. The SMILES string of the molecule is OCC1OC(O)C(NC(c2ccc(I)cc2)C(F)(F)F)C(O)C1O. The molecule has 6 unspecified atom stereocenters. The molecule has 136 valence electrons. The number of aliphatic hydroxyl groups is 4. The summed E-state index contributed by atoms with van der Waals surface area (Å²) >= 11 is 1.95. The summed E-state index contributed by atoms with van der Waals surface area (Å²) in [6.45, 7) is -0.693. The molecule has 10 heteroatoms. The average Bonchev–Trinajstić information content (AvgIpc) is 2.51. The Morgan fingerprint density at radius 1 is 1.12 bits per heavy atom. The van der Waals surface area contributed by atoms with Gasteiger partial charge in [0.2, 0.25) is 0 Å². The number of ether oxygens (including phenoxy) is 1. The van der Waals surface area contributed by atoms with Gasteiger partial charge in [0.25, 0.3) is 0 Å². The predicted octanol–water partition coefficient (Wildman–Crippen LogP) is 0.284. The lowest BCUT2D eigenvalue weighted by molar-refractivity contribution is -0.261. The van der Waals surface area contributed by atoms with Crippen molar-refractivity contribution in [3.05, 3.63) is 33.4 Å². The lowest BCUT2D eigenvalue weighted by Crippen LogP contribution is -2.64. The van der Waals surface area contributed by atoms with Crippen molar-refractivity contribution in [1.29, 1.82) is 0 Å². The van der Waals surface area contributed by atoms with E-state index in [0.29, 0.717) is 0 Å². The van der Waals surface area contributed by atoms with Crippen LogP contribution in [-0.2, 0) is 4.74 Å². The van der Waals surface area contributed by atoms with Crippen LogP contribution in [0.4, 0.5) is 13.2 Å². The van der Waals surface area contributed by atoms with E-state index in [0.717, 1.165) is 3.57 Å². The molecule has 1 aliphatic heterocycles. The van der Waals surface area contributed by atoms with Crippen LogP contribution in [0.25, 0.3) is 0 Å². The quantitative estimate of drug-likeness (QED) is 0.412. The maximum atomic E-state index is 13.4. The second-order valence-corrected chi connectivity index (χ2v) is 6.69. The molecule has 1 aliphatic rings. The summed E-state index contributed by atoms with van der Waals surface area (Å²) in [6.07, 6.45) is -11.2. The van der Waals surface area contributed by atoms with E-state index in [-0.39, 0.29) is 5.56 Å². The van der Waals surface area contributed by atoms with E-state index < -0.39 is 49.5 Å². The normalized spacial score (nSPS) is 32.6. The van der Waals surface area contributed by atoms with Crippen LogP contribution in [0.15, 0.2) is 24.3 Å². The van der Waals surface area contributed by atoms with E-state index >= 15 is 0 Å². The fourth-order valence-corrected chi connectivity index (χ4v) is 2.86. The first-order valence-electron chi connectivity index (χ1n) is 7.04. The topological polar surface area (TPSA) is 102 Å². The van der Waals surface area contributed by atoms with Crippen molar-refractivity contribution in [2.45, 2.75) is 42.9 Å². The molecule has 1 aromatic rings. The molecule has 1 heterocycles. The largest absolute Gasteiger partial charge is 0.407 e. The highest BCUT2D eigenvalue weighted by Gasteiger charge is 2.49. The molecular formula is C14H17F3INO5. The van der Waals surface area contributed by atoms with Crippen LogP contribution in [0.1, 0.15) is 11.6 Å². The Kier molecular flexibility index (Phi) is 6.45. The van der Waals surface area contributed by atoms with Crippen molar-refractivity contribution >= 4 is 22.6 Å². The average molecular weight is 463 g/mol. The van der Waals surface area contributed by atoms with Crippen molar-refractivity contribution < 1.29 is 38.3 Å². The van der Waals surface area contributed by atoms with E-state index in [1.807, 2.05) is 22.6 Å². The minimum atomic E-state index is -4.70. The van der Waals surface area contributed by atoms with Crippen LogP contribution in [0.3, 0.4) is 0 Å². The van der Waals surface area contributed by atoms with Gasteiger partial charge >= 0.3 is 6.18 Å². The van der Waals surface area contributed by atoms with E-state index in [4.69, 9.17) is 9.84 Å². The van der Waals surface area contributed by atoms with E-state index in [2.05, 4.69) is 5.32 Å². The zero-order valence-electron chi connectivity index (χ0n) is 12.2. The second-order valence-electron chi connectivity index (χ2n) is 5.45. The maximum Gasteiger partial charge on any atom is 0.407 e. The molecule has 6 nitrogen and oxygen atoms in total. The highest BCUT2D eigenvalue weighted by atomic mass is 127. The third kappa shape index (κ3) is 4.36. The maximum absolute atomic E-state index is 13.4. The third-order valence-corrected chi connectivity index (χ3v) is 4.51. The van der Waals surface area contributed by atoms with Crippen LogP contribution >= 0.6 is 22.6 Å². The molecule has 1 saturated heterocycles. The number of halogens is 4. The molecule has 2 rings (SSSR count). The summed E-state index contributed by atoms with van der Waals surface area (Å²) in [5.74, 6) is 0. The van der Waals surface area contributed by atoms with Crippen LogP contribution < -0.4 is 5.32 Å². The molecule has 24 heavy (non-hydrogen) atoms. The smallest absolute Gasteiger partial charge is 0.394 e. The summed E-state index contributed by atoms with van der Waals surface area (Å²) in [5, 5.41) is 40.7. The van der Waals surface area contributed by atoms with E-state index in [9.17, 15) is 28.5 Å². The van der Waals surface area contributed by atoms with Gasteiger partial charge in [-0.25, -0.2) is 0 Å². The minimum absolute atomic E-state index is 0.110. The Bertz CT molecular complexity index is 544. The summed E-state index contributed by atoms with van der Waals surface area (Å²) in [7, 11) is 0. The van der Waals surface area contributed by atoms with Gasteiger partial charge in [-0.2, -0.15) is 13.2 Å². The molecule has 1 fully saturated rings. The first-order chi connectivity index (χ1) is 11.1. The number of alkyl halides is 3. The van der Waals surface area contributed by atoms with Crippen LogP contribution in [-0.4, -0.2) is 63.9 Å². The molecule has 0 radical (unpaired) electrons. The van der Waals surface area contributed by atoms with Gasteiger partial charge in [0.1, 0.15) is 24.4 Å². The van der Waals surface area contributed by atoms with Crippen molar-refractivity contribution in [2.75, 3.05) is 6.61 Å². The van der Waals surface area contributed by atoms with E-state index in [1.54, 1.807) is 0 Å². The number of benzene rings is 1. The van der Waals surface area contributed by atoms with Gasteiger partial charge < -0.3 is 25.2 Å². The Morgan fingerprint density at radius 2 is 1.71 bits per heavy atom. The first kappa shape index (κ1) is 19.8. The van der Waals surface area contributed by atoms with Crippen LogP contribution in [0, 0.1) is 3.57 Å². The van der Waals surface area contributed by atoms with Crippen molar-refractivity contribution in [2.24, 2.45) is 0 Å². The highest BCUT2D eigenvalue weighted by Crippen LogP contribution is 2.34. The zero-order chi connectivity index (χ0) is 18.1. The number of rotatable bonds is 4. The Morgan fingerprint density at radius 3 is 2.21 bits per heavy atom. The predicted molar refractivity (Wildman–Crippen MR) is 84.9 cm³/mol. The number of nitrogens with one attached hydrogen (secondary N) is 1. The van der Waals surface area contributed by atoms with Gasteiger partial charge in [0.05, 0.1) is 12.6 Å². The Balaban J connectivity index is 2.24. The standard InChI is InChI=1S/C14H17F3INO5/c15-14(16,17)12(6-1-3-7(18)4-2-6)19-9-11(22)10(21)8(5-20)24-13(9)23/h1-4,8-13,19-23H,5H2. The lowest BCUT2D eigenvalue weighted by atomic mass is 9.95. The molecule has 5 N–H and O–H groups in total. The molecule has 0 aromatic heterocycles. The Hall–Kier alpha value is -0.500. The number of hydrogen-bond acceptors (Lipinski definition) is 6. The molecule has 6 atom stereocenters. The summed E-state index contributed by atoms with van der Waals surface area (Å²) in [5.41, 5.74) is -0.110. The van der Waals surface area contributed by atoms with Gasteiger partial charge in [0.15, 0.2) is 6.29 Å². The monoisotopic (exact) mass is 463 g/mol. The van der Waals surface area contributed by atoms with Gasteiger partial charge in [-0.05, 0) is 40.3 Å². The van der Waals surface area contributed by atoms with Crippen molar-refractivity contribution in [3.63, 3.8) is 0 Å². The lowest BCUT2D eigenvalue weighted by Gasteiger charge is -2.42. The van der Waals surface area contributed by atoms with Gasteiger partial charge in [-0.3, -0.25) is 5.32 Å².